The van der Waals surface area contributed by atoms with E-state index in [9.17, 15) is 9.90 Å². The fourth-order valence-electron chi connectivity index (χ4n) is 2.69. The summed E-state index contributed by atoms with van der Waals surface area (Å²) in [5.74, 6) is 1.31. The van der Waals surface area contributed by atoms with Crippen molar-refractivity contribution in [3.63, 3.8) is 0 Å². The van der Waals surface area contributed by atoms with E-state index < -0.39 is 0 Å². The van der Waals surface area contributed by atoms with Crippen LogP contribution in [0.15, 0.2) is 73.3 Å². The predicted octanol–water partition coefficient (Wildman–Crippen LogP) is 5.39. The van der Waals surface area contributed by atoms with Gasteiger partial charge in [0.1, 0.15) is 23.9 Å². The van der Waals surface area contributed by atoms with Crippen LogP contribution in [0.4, 0.5) is 0 Å². The Morgan fingerprint density at radius 1 is 0.963 bits per heavy atom. The van der Waals surface area contributed by atoms with Crippen molar-refractivity contribution in [1.29, 1.82) is 0 Å². The van der Waals surface area contributed by atoms with Gasteiger partial charge < -0.3 is 14.6 Å². The van der Waals surface area contributed by atoms with Gasteiger partial charge in [0.25, 0.3) is 0 Å². The number of carbonyl (C=O) groups excluding carboxylic acids is 1. The molecule has 0 bridgehead atoms. The van der Waals surface area contributed by atoms with Crippen molar-refractivity contribution in [3.8, 4) is 17.2 Å². The summed E-state index contributed by atoms with van der Waals surface area (Å²) in [6, 6.07) is 18.3. The lowest BCUT2D eigenvalue weighted by Crippen LogP contribution is -2.07. The van der Waals surface area contributed by atoms with Crippen molar-refractivity contribution >= 4 is 16.7 Å². The summed E-state index contributed by atoms with van der Waals surface area (Å²) in [4.78, 5) is 11.7. The molecule has 0 heterocycles. The molecule has 0 aliphatic rings. The summed E-state index contributed by atoms with van der Waals surface area (Å²) >= 11 is 0. The number of fused-ring (bicyclic) bond motifs is 1. The van der Waals surface area contributed by atoms with Crippen LogP contribution < -0.4 is 9.47 Å². The highest BCUT2D eigenvalue weighted by molar-refractivity contribution is 5.85. The number of ether oxygens (including phenoxy) is 2. The molecule has 0 aliphatic heterocycles. The number of benzene rings is 3. The number of esters is 1. The SMILES string of the molecule is C=CCCCC(=O)Oc1ccc(COc2ccc3cc(O)ccc3c2)cc1. The molecule has 1 N–H and O–H groups in total. The van der Waals surface area contributed by atoms with Crippen LogP contribution in [0.3, 0.4) is 0 Å². The molecule has 0 radical (unpaired) electrons. The summed E-state index contributed by atoms with van der Waals surface area (Å²) in [5, 5.41) is 11.5. The Morgan fingerprint density at radius 2 is 1.67 bits per heavy atom. The minimum absolute atomic E-state index is 0.233. The van der Waals surface area contributed by atoms with Gasteiger partial charge in [-0.15, -0.1) is 6.58 Å². The Kier molecular flexibility index (Phi) is 6.10. The van der Waals surface area contributed by atoms with Crippen LogP contribution in [0.2, 0.25) is 0 Å². The van der Waals surface area contributed by atoms with Gasteiger partial charge in [0.15, 0.2) is 0 Å². The average Bonchev–Trinajstić information content (AvgIpc) is 2.67. The van der Waals surface area contributed by atoms with E-state index in [-0.39, 0.29) is 11.7 Å². The summed E-state index contributed by atoms with van der Waals surface area (Å²) in [7, 11) is 0. The van der Waals surface area contributed by atoms with Crippen LogP contribution in [0, 0.1) is 0 Å². The maximum atomic E-state index is 11.7. The molecular weight excluding hydrogens is 340 g/mol. The van der Waals surface area contributed by atoms with E-state index in [0.717, 1.165) is 34.9 Å². The molecule has 3 rings (SSSR count). The Bertz CT molecular complexity index is 929. The van der Waals surface area contributed by atoms with E-state index in [4.69, 9.17) is 9.47 Å². The lowest BCUT2D eigenvalue weighted by atomic mass is 10.1. The fraction of sp³-hybridized carbons (Fsp3) is 0.174. The molecule has 4 heteroatoms. The minimum Gasteiger partial charge on any atom is -0.508 e. The third-order valence-corrected chi connectivity index (χ3v) is 4.14. The lowest BCUT2D eigenvalue weighted by Gasteiger charge is -2.09. The van der Waals surface area contributed by atoms with E-state index >= 15 is 0 Å². The predicted molar refractivity (Wildman–Crippen MR) is 106 cm³/mol. The van der Waals surface area contributed by atoms with Gasteiger partial charge >= 0.3 is 5.97 Å². The zero-order chi connectivity index (χ0) is 19.1. The monoisotopic (exact) mass is 362 g/mol. The first-order valence-electron chi connectivity index (χ1n) is 8.90. The molecule has 0 unspecified atom stereocenters. The summed E-state index contributed by atoms with van der Waals surface area (Å²) in [6.45, 7) is 4.05. The van der Waals surface area contributed by atoms with Gasteiger partial charge in [0.2, 0.25) is 0 Å². The smallest absolute Gasteiger partial charge is 0.311 e. The van der Waals surface area contributed by atoms with Gasteiger partial charge in [0, 0.05) is 6.42 Å². The van der Waals surface area contributed by atoms with Gasteiger partial charge in [0.05, 0.1) is 0 Å². The quantitative estimate of drug-likeness (QED) is 0.253. The third kappa shape index (κ3) is 5.35. The number of phenolic OH excluding ortho intramolecular Hbond substituents is 1. The Balaban J connectivity index is 1.54. The summed E-state index contributed by atoms with van der Waals surface area (Å²) in [6.07, 6.45) is 3.74. The number of phenols is 1. The zero-order valence-electron chi connectivity index (χ0n) is 15.1. The van der Waals surface area contributed by atoms with E-state index in [2.05, 4.69) is 6.58 Å². The van der Waals surface area contributed by atoms with Crippen molar-refractivity contribution < 1.29 is 19.4 Å². The lowest BCUT2D eigenvalue weighted by molar-refractivity contribution is -0.134. The molecule has 0 saturated carbocycles. The molecule has 27 heavy (non-hydrogen) atoms. The second kappa shape index (κ2) is 8.90. The molecule has 3 aromatic rings. The van der Waals surface area contributed by atoms with E-state index in [0.29, 0.717) is 18.8 Å². The molecule has 0 fully saturated rings. The number of carbonyl (C=O) groups is 1. The third-order valence-electron chi connectivity index (χ3n) is 4.14. The number of hydrogen-bond donors (Lipinski definition) is 1. The van der Waals surface area contributed by atoms with Crippen LogP contribution in [0.5, 0.6) is 17.2 Å². The van der Waals surface area contributed by atoms with E-state index in [1.54, 1.807) is 30.3 Å². The Hall–Kier alpha value is -3.27. The van der Waals surface area contributed by atoms with Gasteiger partial charge in [-0.3, -0.25) is 4.79 Å². The normalized spacial score (nSPS) is 10.5. The van der Waals surface area contributed by atoms with E-state index in [1.165, 1.54) is 0 Å². The molecular formula is C23H22O4. The first-order valence-corrected chi connectivity index (χ1v) is 8.90. The second-order valence-electron chi connectivity index (χ2n) is 6.28. The molecule has 0 aromatic heterocycles. The zero-order valence-corrected chi connectivity index (χ0v) is 15.1. The van der Waals surface area contributed by atoms with Crippen LogP contribution in [-0.4, -0.2) is 11.1 Å². The highest BCUT2D eigenvalue weighted by Crippen LogP contribution is 2.25. The van der Waals surface area contributed by atoms with E-state index in [1.807, 2.05) is 36.4 Å². The molecule has 0 saturated heterocycles. The van der Waals surface area contributed by atoms with Crippen LogP contribution in [-0.2, 0) is 11.4 Å². The van der Waals surface area contributed by atoms with Crippen molar-refractivity contribution in [2.75, 3.05) is 0 Å². The Morgan fingerprint density at radius 3 is 2.44 bits per heavy atom. The number of unbranched alkanes of at least 4 members (excludes halogenated alkanes) is 1. The Labute approximate surface area is 158 Å². The van der Waals surface area contributed by atoms with Gasteiger partial charge in [-0.05, 0) is 65.6 Å². The van der Waals surface area contributed by atoms with Gasteiger partial charge in [-0.1, -0.05) is 30.3 Å². The first kappa shape index (κ1) is 18.5. The number of allylic oxidation sites excluding steroid dienone is 1. The maximum absolute atomic E-state index is 11.7. The van der Waals surface area contributed by atoms with Crippen molar-refractivity contribution in [1.82, 2.24) is 0 Å². The molecule has 0 spiro atoms. The highest BCUT2D eigenvalue weighted by atomic mass is 16.5. The molecule has 3 aromatic carbocycles. The summed E-state index contributed by atoms with van der Waals surface area (Å²) < 4.78 is 11.1. The highest BCUT2D eigenvalue weighted by Gasteiger charge is 2.05. The average molecular weight is 362 g/mol. The van der Waals surface area contributed by atoms with Gasteiger partial charge in [-0.25, -0.2) is 0 Å². The van der Waals surface area contributed by atoms with Gasteiger partial charge in [-0.2, -0.15) is 0 Å². The van der Waals surface area contributed by atoms with Crippen molar-refractivity contribution in [2.24, 2.45) is 0 Å². The number of rotatable bonds is 8. The van der Waals surface area contributed by atoms with Crippen LogP contribution >= 0.6 is 0 Å². The maximum Gasteiger partial charge on any atom is 0.311 e. The van der Waals surface area contributed by atoms with Crippen LogP contribution in [0.25, 0.3) is 10.8 Å². The molecule has 0 atom stereocenters. The fourth-order valence-corrected chi connectivity index (χ4v) is 2.69. The molecule has 0 aliphatic carbocycles. The molecule has 4 nitrogen and oxygen atoms in total. The topological polar surface area (TPSA) is 55.8 Å². The van der Waals surface area contributed by atoms with Crippen molar-refractivity contribution in [3.05, 3.63) is 78.9 Å². The first-order chi connectivity index (χ1) is 13.1. The second-order valence-corrected chi connectivity index (χ2v) is 6.28. The molecule has 138 valence electrons. The number of hydrogen-bond acceptors (Lipinski definition) is 4. The number of aromatic hydroxyl groups is 1. The largest absolute Gasteiger partial charge is 0.508 e. The van der Waals surface area contributed by atoms with Crippen molar-refractivity contribution in [2.45, 2.75) is 25.9 Å². The van der Waals surface area contributed by atoms with Crippen LogP contribution in [0.1, 0.15) is 24.8 Å². The minimum atomic E-state index is -0.233. The summed E-state index contributed by atoms with van der Waals surface area (Å²) in [5.41, 5.74) is 0.979. The molecule has 0 amide bonds. The standard InChI is InChI=1S/C23H22O4/c1-2-3-4-5-23(25)27-21-11-6-17(7-12-21)16-26-22-13-9-18-14-20(24)10-8-19(18)15-22/h2,6-15,24H,1,3-5,16H2.